The third-order valence-electron chi connectivity index (χ3n) is 5.30. The number of allylic oxidation sites excluding steroid dienone is 4. The molecule has 2 aromatic rings. The molecular formula is C24H27Cl3Ti. The molecule has 1 aliphatic carbocycles. The van der Waals surface area contributed by atoms with Crippen LogP contribution < -0.4 is 37.2 Å². The molecule has 2 aromatic carbocycles. The van der Waals surface area contributed by atoms with Gasteiger partial charge in [0.25, 0.3) is 0 Å². The first kappa shape index (κ1) is 27.5. The van der Waals surface area contributed by atoms with Crippen molar-refractivity contribution in [1.29, 1.82) is 0 Å². The maximum atomic E-state index is 2.37. The maximum Gasteiger partial charge on any atom is -1.00 e. The van der Waals surface area contributed by atoms with Gasteiger partial charge in [-0.05, 0) is 0 Å². The van der Waals surface area contributed by atoms with E-state index in [4.69, 9.17) is 0 Å². The zero-order valence-corrected chi connectivity index (χ0v) is 21.2. The topological polar surface area (TPSA) is 0 Å². The van der Waals surface area contributed by atoms with Gasteiger partial charge in [-0.1, -0.05) is 0 Å². The number of rotatable bonds is 3. The molecule has 0 N–H and O–H groups in total. The molecule has 0 bridgehead atoms. The summed E-state index contributed by atoms with van der Waals surface area (Å²) in [6, 6.07) is 14.0. The molecule has 0 heterocycles. The van der Waals surface area contributed by atoms with Gasteiger partial charge in [-0.25, -0.2) is 0 Å². The summed E-state index contributed by atoms with van der Waals surface area (Å²) < 4.78 is 1.49. The molecule has 0 atom stereocenters. The zero-order valence-electron chi connectivity index (χ0n) is 17.4. The summed E-state index contributed by atoms with van der Waals surface area (Å²) in [5.74, 6) is 0.351. The molecule has 0 nitrogen and oxygen atoms in total. The molecule has 0 unspecified atom stereocenters. The van der Waals surface area contributed by atoms with Crippen molar-refractivity contribution >= 4 is 0 Å². The predicted octanol–water partition coefficient (Wildman–Crippen LogP) is -2.39. The van der Waals surface area contributed by atoms with E-state index in [1.165, 1.54) is 48.4 Å². The van der Waals surface area contributed by atoms with Crippen molar-refractivity contribution in [2.75, 3.05) is 0 Å². The van der Waals surface area contributed by atoms with Crippen molar-refractivity contribution in [2.45, 2.75) is 53.9 Å². The molecule has 4 heteroatoms. The second-order valence-electron chi connectivity index (χ2n) is 7.76. The zero-order chi connectivity index (χ0) is 18.3. The third-order valence-corrected chi connectivity index (χ3v) is 6.38. The molecule has 28 heavy (non-hydrogen) atoms. The Morgan fingerprint density at radius 1 is 0.643 bits per heavy atom. The Kier molecular flexibility index (Phi) is 10.9. The van der Waals surface area contributed by atoms with E-state index in [0.29, 0.717) is 5.92 Å². The van der Waals surface area contributed by atoms with E-state index >= 15 is 0 Å². The first-order valence-corrected chi connectivity index (χ1v) is 9.82. The molecule has 0 saturated carbocycles. The molecule has 148 valence electrons. The Hall–Kier alpha value is -0.496. The molecule has 0 radical (unpaired) electrons. The Morgan fingerprint density at radius 3 is 1.29 bits per heavy atom. The van der Waals surface area contributed by atoms with Crippen molar-refractivity contribution in [1.82, 2.24) is 0 Å². The van der Waals surface area contributed by atoms with Gasteiger partial charge in [-0.3, -0.25) is 0 Å². The number of benzene rings is 2. The molecule has 3 rings (SSSR count). The Labute approximate surface area is 200 Å². The number of aryl methyl sites for hydroxylation is 4. The van der Waals surface area contributed by atoms with Crippen LogP contribution in [0.5, 0.6) is 0 Å². The van der Waals surface area contributed by atoms with Crippen LogP contribution in [0.25, 0.3) is 0 Å². The second-order valence-corrected chi connectivity index (χ2v) is 8.54. The average Bonchev–Trinajstić information content (AvgIpc) is 2.73. The monoisotopic (exact) mass is 468 g/mol. The first-order valence-electron chi connectivity index (χ1n) is 9.04. The van der Waals surface area contributed by atoms with E-state index in [2.05, 4.69) is 98.4 Å². The van der Waals surface area contributed by atoms with E-state index in [1.807, 2.05) is 0 Å². The molecule has 0 fully saturated rings. The van der Waals surface area contributed by atoms with Gasteiger partial charge in [0.05, 0.1) is 0 Å². The Balaban J connectivity index is 0.00000243. The Bertz CT molecular complexity index is 818. The van der Waals surface area contributed by atoms with E-state index in [9.17, 15) is 0 Å². The minimum Gasteiger partial charge on any atom is -1.00 e. The number of halogens is 3. The van der Waals surface area contributed by atoms with Gasteiger partial charge in [0.1, 0.15) is 0 Å². The summed E-state index contributed by atoms with van der Waals surface area (Å²) in [5.41, 5.74) is 12.8. The van der Waals surface area contributed by atoms with Crippen LogP contribution >= 0.6 is 0 Å². The fourth-order valence-electron chi connectivity index (χ4n) is 4.16. The molecule has 0 aromatic heterocycles. The average molecular weight is 470 g/mol. The van der Waals surface area contributed by atoms with Crippen molar-refractivity contribution in [2.24, 2.45) is 0 Å². The molecule has 0 aliphatic heterocycles. The molecule has 0 spiro atoms. The van der Waals surface area contributed by atoms with Crippen molar-refractivity contribution in [3.8, 4) is 0 Å². The third kappa shape index (κ3) is 5.77. The van der Waals surface area contributed by atoms with E-state index in [-0.39, 0.29) is 37.2 Å². The van der Waals surface area contributed by atoms with Crippen LogP contribution in [0.2, 0.25) is 0 Å². The van der Waals surface area contributed by atoms with Crippen LogP contribution in [-0.2, 0) is 20.4 Å². The van der Waals surface area contributed by atoms with Gasteiger partial charge in [0, 0.05) is 0 Å². The van der Waals surface area contributed by atoms with Crippen LogP contribution in [0.4, 0.5) is 0 Å². The van der Waals surface area contributed by atoms with Gasteiger partial charge in [-0.2, -0.15) is 0 Å². The van der Waals surface area contributed by atoms with Gasteiger partial charge in [0.15, 0.2) is 0 Å². The van der Waals surface area contributed by atoms with Crippen LogP contribution in [0.1, 0.15) is 59.6 Å². The molecular weight excluding hydrogens is 442 g/mol. The van der Waals surface area contributed by atoms with Gasteiger partial charge in [0.2, 0.25) is 0 Å². The van der Waals surface area contributed by atoms with E-state index < -0.39 is 0 Å². The maximum absolute atomic E-state index is 2.37. The van der Waals surface area contributed by atoms with Crippen LogP contribution in [-0.4, -0.2) is 0 Å². The summed E-state index contributed by atoms with van der Waals surface area (Å²) in [6.45, 7) is 13.4. The molecule has 0 saturated heterocycles. The van der Waals surface area contributed by atoms with Gasteiger partial charge in [-0.15, -0.1) is 0 Å². The standard InChI is InChI=1S/C24H27.3ClH.Ti/c1-15-7-16(2)10-21(9-15)24(23-13-19(5)20(6)14-23)22-11-17(3)8-18(4)12-22;;;;/h7-12,24H,13H2,1-6H3;3*1H;/q;;;;+3/p-3. The fourth-order valence-corrected chi connectivity index (χ4v) is 4.85. The van der Waals surface area contributed by atoms with E-state index in [0.717, 1.165) is 6.42 Å². The SMILES string of the molecule is CC1=C(C)[C]([Ti+3])=C(C(c2cc(C)cc(C)c2)c2cc(C)cc(C)c2)C1.[Cl-].[Cl-].[Cl-]. The summed E-state index contributed by atoms with van der Waals surface area (Å²) in [6.07, 6.45) is 1.10. The minimum absolute atomic E-state index is 0. The minimum atomic E-state index is 0. The van der Waals surface area contributed by atoms with Crippen molar-refractivity contribution in [3.63, 3.8) is 0 Å². The normalized spacial score (nSPS) is 13.3. The van der Waals surface area contributed by atoms with Crippen molar-refractivity contribution in [3.05, 3.63) is 90.4 Å². The molecule has 1 aliphatic rings. The van der Waals surface area contributed by atoms with Crippen LogP contribution in [0, 0.1) is 27.7 Å². The van der Waals surface area contributed by atoms with Crippen LogP contribution in [0.3, 0.4) is 0 Å². The van der Waals surface area contributed by atoms with Crippen molar-refractivity contribution < 1.29 is 57.7 Å². The largest absolute Gasteiger partial charge is 1.00 e. The summed E-state index contributed by atoms with van der Waals surface area (Å²) in [5, 5.41) is 0. The fraction of sp³-hybridized carbons (Fsp3) is 0.333. The first-order chi connectivity index (χ1) is 11.8. The van der Waals surface area contributed by atoms with Gasteiger partial charge >= 0.3 is 165 Å². The molecule has 0 amide bonds. The number of hydrogen-bond donors (Lipinski definition) is 0. The summed E-state index contributed by atoms with van der Waals surface area (Å²) >= 11 is 2.31. The summed E-state index contributed by atoms with van der Waals surface area (Å²) in [4.78, 5) is 0. The van der Waals surface area contributed by atoms with Gasteiger partial charge < -0.3 is 37.2 Å². The number of hydrogen-bond acceptors (Lipinski definition) is 0. The quantitative estimate of drug-likeness (QED) is 0.440. The summed E-state index contributed by atoms with van der Waals surface area (Å²) in [7, 11) is 0. The predicted molar refractivity (Wildman–Crippen MR) is 104 cm³/mol. The van der Waals surface area contributed by atoms with Crippen LogP contribution in [0.15, 0.2) is 57.0 Å². The second kappa shape index (κ2) is 11.0. The Morgan fingerprint density at radius 2 is 1.00 bits per heavy atom. The van der Waals surface area contributed by atoms with E-state index in [1.54, 1.807) is 5.57 Å². The smallest absolute Gasteiger partial charge is 1.00 e.